The van der Waals surface area contributed by atoms with E-state index >= 15 is 0 Å². The number of imide groups is 2. The maximum Gasteiger partial charge on any atom is 0.407 e. The van der Waals surface area contributed by atoms with E-state index in [1.807, 2.05) is 23.1 Å². The van der Waals surface area contributed by atoms with Gasteiger partial charge in [0.25, 0.3) is 11.8 Å². The Morgan fingerprint density at radius 3 is 2.12 bits per heavy atom. The normalized spacial score (nSPS) is 22.3. The van der Waals surface area contributed by atoms with Crippen molar-refractivity contribution in [1.29, 1.82) is 0 Å². The van der Waals surface area contributed by atoms with Crippen molar-refractivity contribution in [3.05, 3.63) is 82.8 Å². The van der Waals surface area contributed by atoms with Gasteiger partial charge in [-0.05, 0) is 87.3 Å². The highest BCUT2D eigenvalue weighted by Crippen LogP contribution is 2.40. The van der Waals surface area contributed by atoms with Gasteiger partial charge in [-0.15, -0.1) is 0 Å². The van der Waals surface area contributed by atoms with Crippen LogP contribution in [0.15, 0.2) is 54.7 Å². The Bertz CT molecular complexity index is 2360. The van der Waals surface area contributed by atoms with Gasteiger partial charge < -0.3 is 24.9 Å². The summed E-state index contributed by atoms with van der Waals surface area (Å²) in [6.07, 6.45) is 2.45. The van der Waals surface area contributed by atoms with E-state index in [4.69, 9.17) is 6.57 Å². The number of hydrogen-bond donors (Lipinski definition) is 2. The summed E-state index contributed by atoms with van der Waals surface area (Å²) in [6.45, 7) is 16.5. The summed E-state index contributed by atoms with van der Waals surface area (Å²) in [5, 5.41) is 5.19. The second-order valence-electron chi connectivity index (χ2n) is 18.1. The van der Waals surface area contributed by atoms with Crippen LogP contribution in [0.5, 0.6) is 0 Å². The van der Waals surface area contributed by atoms with Gasteiger partial charge >= 0.3 is 6.18 Å². The molecule has 6 aliphatic heterocycles. The molecule has 0 saturated carbocycles. The average Bonchev–Trinajstić information content (AvgIpc) is 3.57. The predicted molar refractivity (Wildman–Crippen MR) is 237 cm³/mol. The molecule has 7 heterocycles. The maximum atomic E-state index is 13.7. The number of piperidine rings is 4. The van der Waals surface area contributed by atoms with Crippen LogP contribution in [0.25, 0.3) is 4.85 Å². The van der Waals surface area contributed by atoms with Crippen LogP contribution in [0.4, 0.5) is 41.7 Å². The first-order valence-electron chi connectivity index (χ1n) is 22.8. The molecule has 3 aromatic rings. The van der Waals surface area contributed by atoms with Crippen molar-refractivity contribution in [3.63, 3.8) is 0 Å². The number of pyridine rings is 1. The molecule has 0 spiro atoms. The van der Waals surface area contributed by atoms with E-state index in [1.165, 1.54) is 12.1 Å². The molecule has 2 N–H and O–H groups in total. The van der Waals surface area contributed by atoms with Crippen LogP contribution in [-0.4, -0.2) is 133 Å². The molecule has 1 atom stereocenters. The van der Waals surface area contributed by atoms with E-state index in [0.29, 0.717) is 60.5 Å². The number of anilines is 4. The lowest BCUT2D eigenvalue weighted by atomic mass is 9.95. The van der Waals surface area contributed by atoms with E-state index in [1.54, 1.807) is 18.3 Å². The van der Waals surface area contributed by atoms with Crippen molar-refractivity contribution in [2.45, 2.75) is 69.6 Å². The van der Waals surface area contributed by atoms with Gasteiger partial charge in [0.1, 0.15) is 11.9 Å². The second kappa shape index (κ2) is 18.4. The molecule has 1 unspecified atom stereocenters. The summed E-state index contributed by atoms with van der Waals surface area (Å²) in [7, 11) is 0. The van der Waals surface area contributed by atoms with Gasteiger partial charge in [-0.25, -0.2) is 9.83 Å². The highest BCUT2D eigenvalue weighted by atomic mass is 19.4. The largest absolute Gasteiger partial charge is 0.407 e. The summed E-state index contributed by atoms with van der Waals surface area (Å²) in [5.41, 5.74) is 1.44. The SMILES string of the molecule is [C-]#[N+]c1ccc(N2CCC(C(=O)Nc3ccc(N4CCC(CN5CCN(C6CCN(c7cccc8c7C(=O)N(C7CCC(=O)NC7=O)C8=O)CC6)CC5)CC4)cn3)CC2)cc1C(F)(F)F. The molecule has 5 amide bonds. The Hall–Kier alpha value is -6.06. The molecular weight excluding hydrogens is 842 g/mol. The molecule has 5 saturated heterocycles. The van der Waals surface area contributed by atoms with Crippen molar-refractivity contribution < 1.29 is 37.1 Å². The van der Waals surface area contributed by atoms with Gasteiger partial charge in [0.05, 0.1) is 40.8 Å². The molecule has 18 heteroatoms. The molecular formula is C47H53F3N10O5. The Morgan fingerprint density at radius 2 is 1.46 bits per heavy atom. The first-order chi connectivity index (χ1) is 31.3. The molecule has 0 bridgehead atoms. The van der Waals surface area contributed by atoms with Crippen molar-refractivity contribution in [2.24, 2.45) is 11.8 Å². The van der Waals surface area contributed by atoms with E-state index in [9.17, 15) is 37.1 Å². The number of nitrogens with one attached hydrogen (secondary N) is 2. The zero-order chi connectivity index (χ0) is 45.4. The lowest BCUT2D eigenvalue weighted by Gasteiger charge is -2.44. The Morgan fingerprint density at radius 1 is 0.785 bits per heavy atom. The first kappa shape index (κ1) is 44.2. The molecule has 5 fully saturated rings. The van der Waals surface area contributed by atoms with E-state index in [-0.39, 0.29) is 24.7 Å². The van der Waals surface area contributed by atoms with Crippen LogP contribution in [0, 0.1) is 18.4 Å². The first-order valence-corrected chi connectivity index (χ1v) is 22.8. The molecule has 0 aliphatic carbocycles. The molecule has 342 valence electrons. The minimum Gasteiger partial charge on any atom is -0.372 e. The molecule has 65 heavy (non-hydrogen) atoms. The molecule has 2 aromatic carbocycles. The molecule has 15 nitrogen and oxygen atoms in total. The summed E-state index contributed by atoms with van der Waals surface area (Å²) in [6, 6.07) is 12.4. The number of halogens is 3. The maximum absolute atomic E-state index is 13.7. The fourth-order valence-corrected chi connectivity index (χ4v) is 10.6. The number of hydrogen-bond acceptors (Lipinski definition) is 11. The number of piperazine rings is 1. The Kier molecular flexibility index (Phi) is 12.5. The summed E-state index contributed by atoms with van der Waals surface area (Å²) in [5.74, 6) is -1.31. The van der Waals surface area contributed by atoms with Gasteiger partial charge in [0.15, 0.2) is 5.69 Å². The number of amides is 5. The van der Waals surface area contributed by atoms with Crippen LogP contribution < -0.4 is 25.3 Å². The number of alkyl halides is 3. The smallest absolute Gasteiger partial charge is 0.372 e. The number of nitrogens with zero attached hydrogens (tertiary/aromatic N) is 8. The third-order valence-corrected chi connectivity index (χ3v) is 14.3. The van der Waals surface area contributed by atoms with Gasteiger partial charge in [0, 0.05) is 96.1 Å². The standard InChI is InChI=1S/C47H53F3N10O5/c1-51-37-7-5-33(27-36(37)47(48,49)50)56-19-13-31(14-20-56)43(62)53-40-9-6-34(28-52-40)57-17-11-30(12-18-57)29-55-23-25-58(26-24-55)32-15-21-59(22-16-32)38-4-2-3-35-42(38)46(65)60(45(35)64)39-8-10-41(61)54-44(39)63/h2-7,9,27-28,30-32,39H,8,10-26,29H2,(H,52,53,62)(H,54,61,63). The zero-order valence-corrected chi connectivity index (χ0v) is 36.2. The van der Waals surface area contributed by atoms with Gasteiger partial charge in [-0.3, -0.25) is 39.1 Å². The summed E-state index contributed by atoms with van der Waals surface area (Å²) < 4.78 is 40.5. The topological polar surface area (TPSA) is 146 Å². The van der Waals surface area contributed by atoms with Crippen molar-refractivity contribution in [3.8, 4) is 0 Å². The lowest BCUT2D eigenvalue weighted by Crippen LogP contribution is -2.54. The molecule has 6 aliphatic rings. The quantitative estimate of drug-likeness (QED) is 0.210. The fraction of sp³-hybridized carbons (Fsp3) is 0.511. The van der Waals surface area contributed by atoms with Crippen LogP contribution >= 0.6 is 0 Å². The van der Waals surface area contributed by atoms with Gasteiger partial charge in [-0.2, -0.15) is 13.2 Å². The number of benzene rings is 2. The van der Waals surface area contributed by atoms with E-state index < -0.39 is 47.1 Å². The van der Waals surface area contributed by atoms with Crippen molar-refractivity contribution >= 4 is 58.1 Å². The second-order valence-corrected chi connectivity index (χ2v) is 18.1. The summed E-state index contributed by atoms with van der Waals surface area (Å²) in [4.78, 5) is 84.6. The number of fused-ring (bicyclic) bond motifs is 1. The minimum atomic E-state index is -4.62. The zero-order valence-electron chi connectivity index (χ0n) is 36.2. The lowest BCUT2D eigenvalue weighted by molar-refractivity contribution is -0.137. The van der Waals surface area contributed by atoms with E-state index in [2.05, 4.69) is 40.1 Å². The Balaban J connectivity index is 0.684. The number of carbonyl (C=O) groups is 5. The number of rotatable bonds is 9. The minimum absolute atomic E-state index is 0.0850. The fourth-order valence-electron chi connectivity index (χ4n) is 10.6. The van der Waals surface area contributed by atoms with Crippen molar-refractivity contribution in [2.75, 3.05) is 92.0 Å². The van der Waals surface area contributed by atoms with Crippen LogP contribution in [0.2, 0.25) is 0 Å². The predicted octanol–water partition coefficient (Wildman–Crippen LogP) is 5.41. The van der Waals surface area contributed by atoms with E-state index in [0.717, 1.165) is 107 Å². The molecule has 9 rings (SSSR count). The van der Waals surface area contributed by atoms with Crippen LogP contribution in [0.1, 0.15) is 77.6 Å². The summed E-state index contributed by atoms with van der Waals surface area (Å²) >= 11 is 0. The Labute approximate surface area is 375 Å². The van der Waals surface area contributed by atoms with Gasteiger partial charge in [0.2, 0.25) is 17.7 Å². The third-order valence-electron chi connectivity index (χ3n) is 14.3. The molecule has 0 radical (unpaired) electrons. The molecule has 1 aromatic heterocycles. The number of carbonyl (C=O) groups excluding carboxylic acids is 5. The monoisotopic (exact) mass is 894 g/mol. The average molecular weight is 895 g/mol. The highest BCUT2D eigenvalue weighted by molar-refractivity contribution is 6.25. The number of aromatic nitrogens is 1. The highest BCUT2D eigenvalue weighted by Gasteiger charge is 2.46. The third kappa shape index (κ3) is 9.26. The van der Waals surface area contributed by atoms with Crippen LogP contribution in [-0.2, 0) is 20.6 Å². The van der Waals surface area contributed by atoms with Crippen molar-refractivity contribution in [1.82, 2.24) is 25.0 Å². The van der Waals surface area contributed by atoms with Gasteiger partial charge in [-0.1, -0.05) is 12.1 Å². The van der Waals surface area contributed by atoms with Crippen LogP contribution in [0.3, 0.4) is 0 Å².